The van der Waals surface area contributed by atoms with Crippen molar-refractivity contribution in [2.24, 2.45) is 0 Å². The van der Waals surface area contributed by atoms with E-state index in [0.717, 1.165) is 13.2 Å². The summed E-state index contributed by atoms with van der Waals surface area (Å²) in [5, 5.41) is 3.34. The molecule has 0 aliphatic heterocycles. The van der Waals surface area contributed by atoms with Gasteiger partial charge in [-0.25, -0.2) is 0 Å². The highest BCUT2D eigenvalue weighted by Gasteiger charge is 2.15. The third-order valence-electron chi connectivity index (χ3n) is 2.53. The Morgan fingerprint density at radius 2 is 1.71 bits per heavy atom. The van der Waals surface area contributed by atoms with Crippen molar-refractivity contribution in [3.8, 4) is 0 Å². The Labute approximate surface area is 91.0 Å². The molecule has 4 heteroatoms. The minimum Gasteiger partial charge on any atom is -0.316 e. The number of hydrogen-bond acceptors (Lipinski definition) is 3. The lowest BCUT2D eigenvalue weighted by molar-refractivity contribution is 0.460. The molecule has 0 radical (unpaired) electrons. The van der Waals surface area contributed by atoms with E-state index in [4.69, 9.17) is 0 Å². The predicted octanol–water partition coefficient (Wildman–Crippen LogP) is 1.12. The lowest BCUT2D eigenvalue weighted by Crippen LogP contribution is -2.52. The highest BCUT2D eigenvalue weighted by molar-refractivity contribution is 6.52. The lowest BCUT2D eigenvalue weighted by Gasteiger charge is -2.28. The molecule has 0 amide bonds. The Morgan fingerprint density at radius 1 is 1.07 bits per heavy atom. The van der Waals surface area contributed by atoms with Crippen molar-refractivity contribution >= 4 is 9.12 Å². The van der Waals surface area contributed by atoms with Crippen LogP contribution in [0.15, 0.2) is 0 Å². The molecular weight excluding hydrogens is 190 g/mol. The van der Waals surface area contributed by atoms with Crippen LogP contribution in [0.1, 0.15) is 34.1 Å². The van der Waals surface area contributed by atoms with Crippen LogP contribution >= 0.6 is 0 Å². The Morgan fingerprint density at radius 3 is 2.14 bits per heavy atom. The van der Waals surface area contributed by atoms with Gasteiger partial charge in [-0.05, 0) is 25.7 Å². The average molecular weight is 217 g/mol. The third kappa shape index (κ3) is 5.75. The summed E-state index contributed by atoms with van der Waals surface area (Å²) < 4.78 is 2.61. The summed E-state index contributed by atoms with van der Waals surface area (Å²) >= 11 is 0. The summed E-state index contributed by atoms with van der Waals surface area (Å²) in [5.41, 5.74) is 0. The first-order valence-electron chi connectivity index (χ1n) is 5.98. The van der Waals surface area contributed by atoms with Crippen LogP contribution < -0.4 is 10.3 Å². The van der Waals surface area contributed by atoms with Crippen molar-refractivity contribution in [1.29, 1.82) is 0 Å². The van der Waals surface area contributed by atoms with Crippen molar-refractivity contribution in [3.63, 3.8) is 0 Å². The monoisotopic (exact) mass is 217 g/mol. The quantitative estimate of drug-likeness (QED) is 0.344. The molecule has 0 spiro atoms. The molecule has 0 saturated carbocycles. The first-order valence-corrected chi connectivity index (χ1v) is 7.89. The smallest absolute Gasteiger partial charge is 0.188 e. The Kier molecular flexibility index (Phi) is 9.71. The van der Waals surface area contributed by atoms with Gasteiger partial charge in [-0.1, -0.05) is 34.1 Å². The summed E-state index contributed by atoms with van der Waals surface area (Å²) in [5.74, 6) is 0. The van der Waals surface area contributed by atoms with E-state index in [9.17, 15) is 0 Å². The zero-order valence-corrected chi connectivity index (χ0v) is 11.4. The maximum atomic E-state index is 3.68. The lowest BCUT2D eigenvalue weighted by atomic mass is 10.6. The highest BCUT2D eigenvalue weighted by atomic mass is 28.3. The first-order chi connectivity index (χ1) is 6.79. The summed E-state index contributed by atoms with van der Waals surface area (Å²) in [7, 11) is -0.860. The standard InChI is InChI=1S/C10H27N3Si/c1-5-9-14(12-10-11-6-2)13(7-3)8-4/h11-12,14H,5-10H2,1-4H3. The van der Waals surface area contributed by atoms with Gasteiger partial charge in [0.15, 0.2) is 9.12 Å². The van der Waals surface area contributed by atoms with Crippen LogP contribution in [0.2, 0.25) is 6.04 Å². The van der Waals surface area contributed by atoms with Crippen molar-refractivity contribution < 1.29 is 0 Å². The fourth-order valence-corrected chi connectivity index (χ4v) is 4.30. The highest BCUT2D eigenvalue weighted by Crippen LogP contribution is 2.00. The molecule has 0 aromatic carbocycles. The van der Waals surface area contributed by atoms with Crippen LogP contribution in [-0.2, 0) is 0 Å². The molecule has 2 N–H and O–H groups in total. The van der Waals surface area contributed by atoms with Crippen LogP contribution in [0.3, 0.4) is 0 Å². The van der Waals surface area contributed by atoms with Gasteiger partial charge in [-0.2, -0.15) is 0 Å². The Bertz CT molecular complexity index is 118. The molecule has 0 aliphatic carbocycles. The van der Waals surface area contributed by atoms with Gasteiger partial charge in [0, 0.05) is 6.67 Å². The van der Waals surface area contributed by atoms with Gasteiger partial charge in [0.25, 0.3) is 0 Å². The molecule has 86 valence electrons. The van der Waals surface area contributed by atoms with Crippen LogP contribution in [0.4, 0.5) is 0 Å². The van der Waals surface area contributed by atoms with E-state index < -0.39 is 9.12 Å². The second-order valence-electron chi connectivity index (χ2n) is 3.51. The average Bonchev–Trinajstić information content (AvgIpc) is 2.20. The summed E-state index contributed by atoms with van der Waals surface area (Å²) in [6.07, 6.45) is 1.30. The summed E-state index contributed by atoms with van der Waals surface area (Å²) in [6, 6.07) is 1.37. The van der Waals surface area contributed by atoms with E-state index in [1.54, 1.807) is 0 Å². The molecule has 0 heterocycles. The van der Waals surface area contributed by atoms with E-state index in [2.05, 4.69) is 42.6 Å². The van der Waals surface area contributed by atoms with Gasteiger partial charge in [-0.15, -0.1) is 0 Å². The topological polar surface area (TPSA) is 27.3 Å². The number of hydrogen-bond donors (Lipinski definition) is 2. The second kappa shape index (κ2) is 9.64. The fraction of sp³-hybridized carbons (Fsp3) is 1.00. The zero-order chi connectivity index (χ0) is 10.8. The molecular formula is C10H27N3Si. The van der Waals surface area contributed by atoms with Gasteiger partial charge in [0.2, 0.25) is 0 Å². The predicted molar refractivity (Wildman–Crippen MR) is 66.8 cm³/mol. The number of rotatable bonds is 9. The van der Waals surface area contributed by atoms with Gasteiger partial charge in [0.1, 0.15) is 0 Å². The van der Waals surface area contributed by atoms with Gasteiger partial charge in [-0.3, -0.25) is 0 Å². The first kappa shape index (κ1) is 14.1. The van der Waals surface area contributed by atoms with E-state index in [1.807, 2.05) is 0 Å². The summed E-state index contributed by atoms with van der Waals surface area (Å²) in [4.78, 5) is 3.68. The Hall–Kier alpha value is 0.0969. The molecule has 0 saturated heterocycles. The molecule has 14 heavy (non-hydrogen) atoms. The number of nitrogens with one attached hydrogen (secondary N) is 2. The minimum atomic E-state index is -0.860. The van der Waals surface area contributed by atoms with Gasteiger partial charge < -0.3 is 14.9 Å². The molecule has 3 nitrogen and oxygen atoms in total. The molecule has 0 aliphatic rings. The molecule has 0 aromatic heterocycles. The van der Waals surface area contributed by atoms with Crippen LogP contribution in [0, 0.1) is 0 Å². The largest absolute Gasteiger partial charge is 0.316 e. The normalized spacial score (nSPS) is 13.5. The van der Waals surface area contributed by atoms with Crippen molar-refractivity contribution in [1.82, 2.24) is 14.9 Å². The van der Waals surface area contributed by atoms with Crippen LogP contribution in [-0.4, -0.2) is 40.0 Å². The Balaban J connectivity index is 3.85. The van der Waals surface area contributed by atoms with Crippen LogP contribution in [0.5, 0.6) is 0 Å². The SMILES string of the molecule is CCC[SiH](NCNCC)N(CC)CC. The summed E-state index contributed by atoms with van der Waals surface area (Å²) in [6.45, 7) is 13.3. The minimum absolute atomic E-state index is 0.860. The van der Waals surface area contributed by atoms with Gasteiger partial charge >= 0.3 is 0 Å². The molecule has 0 rings (SSSR count). The van der Waals surface area contributed by atoms with Crippen molar-refractivity contribution in [2.45, 2.75) is 40.2 Å². The van der Waals surface area contributed by atoms with Crippen LogP contribution in [0.25, 0.3) is 0 Å². The van der Waals surface area contributed by atoms with Crippen molar-refractivity contribution in [2.75, 3.05) is 26.3 Å². The molecule has 0 bridgehead atoms. The maximum absolute atomic E-state index is 3.68. The third-order valence-corrected chi connectivity index (χ3v) is 5.94. The second-order valence-corrected chi connectivity index (χ2v) is 6.26. The number of nitrogens with zero attached hydrogens (tertiary/aromatic N) is 1. The van der Waals surface area contributed by atoms with E-state index in [1.165, 1.54) is 25.6 Å². The fourth-order valence-electron chi connectivity index (χ4n) is 1.67. The van der Waals surface area contributed by atoms with E-state index >= 15 is 0 Å². The molecule has 0 aromatic rings. The van der Waals surface area contributed by atoms with Crippen molar-refractivity contribution in [3.05, 3.63) is 0 Å². The molecule has 1 atom stereocenters. The zero-order valence-electron chi connectivity index (χ0n) is 10.3. The van der Waals surface area contributed by atoms with Gasteiger partial charge in [0.05, 0.1) is 0 Å². The molecule has 1 unspecified atom stereocenters. The van der Waals surface area contributed by atoms with E-state index in [-0.39, 0.29) is 0 Å². The van der Waals surface area contributed by atoms with E-state index in [0.29, 0.717) is 0 Å². The maximum Gasteiger partial charge on any atom is 0.188 e. The molecule has 0 fully saturated rings.